The maximum absolute atomic E-state index is 5.58. The molecule has 0 aliphatic heterocycles. The minimum absolute atomic E-state index is 0.0417. The van der Waals surface area contributed by atoms with Crippen molar-refractivity contribution in [3.8, 4) is 5.75 Å². The fourth-order valence-corrected chi connectivity index (χ4v) is 0.636. The van der Waals surface area contributed by atoms with Crippen molar-refractivity contribution in [2.75, 3.05) is 7.11 Å². The highest BCUT2D eigenvalue weighted by Crippen LogP contribution is 2.13. The van der Waals surface area contributed by atoms with Crippen molar-refractivity contribution in [2.45, 2.75) is 0 Å². The normalized spacial score (nSPS) is 7.67. The van der Waals surface area contributed by atoms with Crippen molar-refractivity contribution in [1.82, 2.24) is 0 Å². The Balaban J connectivity index is 0.000000354. The molecule has 0 aromatic heterocycles. The number of halogens is 3. The zero-order chi connectivity index (χ0) is 9.40. The Hall–Kier alpha value is 1.04. The summed E-state index contributed by atoms with van der Waals surface area (Å²) in [4.78, 5) is 0. The highest BCUT2D eigenvalue weighted by Gasteiger charge is 1.88. The molecule has 0 saturated carbocycles. The van der Waals surface area contributed by atoms with E-state index in [0.717, 1.165) is 0 Å². The molecule has 0 bridgehead atoms. The van der Waals surface area contributed by atoms with Crippen molar-refractivity contribution >= 4 is 53.4 Å². The van der Waals surface area contributed by atoms with E-state index in [1.807, 2.05) is 0 Å². The maximum atomic E-state index is 5.58. The molecule has 0 amide bonds. The number of hydrogen-bond donors (Lipinski definition) is 0. The molecule has 0 unspecified atom stereocenters. The zero-order valence-electron chi connectivity index (χ0n) is 6.48. The molecule has 5 heteroatoms. The molecule has 1 rings (SSSR count). The van der Waals surface area contributed by atoms with E-state index in [2.05, 4.69) is 31.8 Å². The average Bonchev–Trinajstić information content (AvgIpc) is 2.07. The van der Waals surface area contributed by atoms with Crippen LogP contribution in [-0.2, 0) is 0 Å². The van der Waals surface area contributed by atoms with Crippen LogP contribution in [0.25, 0.3) is 0 Å². The van der Waals surface area contributed by atoms with E-state index in [0.29, 0.717) is 10.8 Å². The molecule has 1 radical (unpaired) electrons. The Morgan fingerprint density at radius 3 is 2.42 bits per heavy atom. The van der Waals surface area contributed by atoms with Crippen molar-refractivity contribution < 1.29 is 4.74 Å². The molecule has 0 heterocycles. The van der Waals surface area contributed by atoms with E-state index < -0.39 is 0 Å². The fraction of sp³-hybridized carbons (Fsp3) is 0.143. The lowest BCUT2D eigenvalue weighted by Gasteiger charge is -1.95. The van der Waals surface area contributed by atoms with Gasteiger partial charge in [0.15, 0.2) is 0 Å². The summed E-state index contributed by atoms with van der Waals surface area (Å²) in [6.07, 6.45) is 0. The standard InChI is InChI=1S/C7H6ClO.2BrH.Mg/c1-9-7-4-2-6(8)3-5-7;;;/h2-4H,1H3;2*1H;/q;;;+2/p-2. The minimum Gasteiger partial charge on any atom is -0.496 e. The Morgan fingerprint density at radius 2 is 2.08 bits per heavy atom. The molecular weight excluding hydrogens is 320 g/mol. The minimum atomic E-state index is 0.0417. The molecule has 0 aliphatic rings. The van der Waals surface area contributed by atoms with E-state index in [1.54, 1.807) is 25.3 Å². The molecule has 63 valence electrons. The fourth-order valence-electron chi connectivity index (χ4n) is 0.519. The summed E-state index contributed by atoms with van der Waals surface area (Å²) in [5.41, 5.74) is 0. The predicted molar refractivity (Wildman–Crippen MR) is 60.4 cm³/mol. The van der Waals surface area contributed by atoms with Crippen LogP contribution in [0.3, 0.4) is 0 Å². The van der Waals surface area contributed by atoms with Crippen LogP contribution in [0.15, 0.2) is 18.2 Å². The molecular formula is C7H6Br2ClMgO. The van der Waals surface area contributed by atoms with Gasteiger partial charge in [0.25, 0.3) is 0 Å². The van der Waals surface area contributed by atoms with E-state index in [4.69, 9.17) is 16.3 Å². The molecule has 0 aliphatic carbocycles. The average molecular weight is 326 g/mol. The molecule has 0 spiro atoms. The Labute approximate surface area is 99.3 Å². The highest BCUT2D eigenvalue weighted by atomic mass is 79.9. The topological polar surface area (TPSA) is 9.23 Å². The molecule has 0 atom stereocenters. The third-order valence-corrected chi connectivity index (χ3v) is 1.20. The van der Waals surface area contributed by atoms with Gasteiger partial charge in [-0.3, -0.25) is 25.8 Å². The van der Waals surface area contributed by atoms with Gasteiger partial charge in [-0.15, -0.1) is 0 Å². The van der Waals surface area contributed by atoms with Gasteiger partial charge in [0, 0.05) is 11.1 Å². The monoisotopic (exact) mass is 323 g/mol. The van der Waals surface area contributed by atoms with Crippen LogP contribution in [-0.4, -0.2) is 23.1 Å². The van der Waals surface area contributed by atoms with Crippen LogP contribution in [0.2, 0.25) is 5.02 Å². The quantitative estimate of drug-likeness (QED) is 0.719. The van der Waals surface area contributed by atoms with Gasteiger partial charge in [-0.05, 0) is 18.2 Å². The van der Waals surface area contributed by atoms with E-state index in [1.165, 1.54) is 0 Å². The highest BCUT2D eigenvalue weighted by molar-refractivity contribution is 9.47. The van der Waals surface area contributed by atoms with Crippen LogP contribution < -0.4 is 4.74 Å². The lowest BCUT2D eigenvalue weighted by molar-refractivity contribution is 0.414. The first-order valence-corrected chi connectivity index (χ1v) is 11.2. The van der Waals surface area contributed by atoms with Gasteiger partial charge in [0.2, 0.25) is 0 Å². The molecule has 12 heavy (non-hydrogen) atoms. The molecule has 0 saturated heterocycles. The molecule has 1 aromatic carbocycles. The second kappa shape index (κ2) is 8.63. The number of benzene rings is 1. The van der Waals surface area contributed by atoms with Gasteiger partial charge >= 0.3 is 16.0 Å². The van der Waals surface area contributed by atoms with Crippen molar-refractivity contribution in [1.29, 1.82) is 0 Å². The summed E-state index contributed by atoms with van der Waals surface area (Å²) in [5, 5.41) is 0.677. The van der Waals surface area contributed by atoms with Crippen LogP contribution in [0.5, 0.6) is 5.75 Å². The maximum Gasteiger partial charge on any atom is 0.560 e. The molecule has 1 nitrogen and oxygen atoms in total. The molecule has 0 fully saturated rings. The Bertz CT molecular complexity index is 205. The summed E-state index contributed by atoms with van der Waals surface area (Å²) < 4.78 is 4.85. The van der Waals surface area contributed by atoms with Gasteiger partial charge in [-0.25, -0.2) is 0 Å². The van der Waals surface area contributed by atoms with Crippen LogP contribution in [0, 0.1) is 6.07 Å². The first-order valence-electron chi connectivity index (χ1n) is 3.07. The molecule has 0 N–H and O–H groups in total. The largest absolute Gasteiger partial charge is 0.560 e. The number of methoxy groups -OCH3 is 1. The second-order valence-corrected chi connectivity index (χ2v) is 10.2. The van der Waals surface area contributed by atoms with Crippen LogP contribution in [0.4, 0.5) is 0 Å². The molecule has 1 aromatic rings. The summed E-state index contributed by atoms with van der Waals surface area (Å²) in [5.74, 6) is 0.708. The van der Waals surface area contributed by atoms with E-state index in [9.17, 15) is 0 Å². The van der Waals surface area contributed by atoms with Gasteiger partial charge in [0.05, 0.1) is 7.11 Å². The van der Waals surface area contributed by atoms with Crippen molar-refractivity contribution in [3.05, 3.63) is 29.3 Å². The summed E-state index contributed by atoms with van der Waals surface area (Å²) in [7, 11) is 1.60. The first kappa shape index (κ1) is 13.0. The Morgan fingerprint density at radius 1 is 1.50 bits per heavy atom. The lowest BCUT2D eigenvalue weighted by atomic mass is 10.3. The van der Waals surface area contributed by atoms with Gasteiger partial charge in [-0.2, -0.15) is 0 Å². The third kappa shape index (κ3) is 6.54. The summed E-state index contributed by atoms with van der Waals surface area (Å²) in [6, 6.07) is 8.03. The van der Waals surface area contributed by atoms with E-state index >= 15 is 0 Å². The number of ether oxygens (including phenoxy) is 1. The SMILES string of the molecule is COc1[c]cc(Cl)cc1.[Br][Mg][Br]. The van der Waals surface area contributed by atoms with Crippen LogP contribution in [0.1, 0.15) is 0 Å². The van der Waals surface area contributed by atoms with Crippen molar-refractivity contribution in [2.24, 2.45) is 0 Å². The summed E-state index contributed by atoms with van der Waals surface area (Å²) in [6.45, 7) is 0. The smallest absolute Gasteiger partial charge is 0.496 e. The van der Waals surface area contributed by atoms with Gasteiger partial charge < -0.3 is 4.74 Å². The zero-order valence-corrected chi connectivity index (χ0v) is 11.8. The first-order chi connectivity index (χ1) is 5.74. The lowest BCUT2D eigenvalue weighted by Crippen LogP contribution is -1.79. The van der Waals surface area contributed by atoms with Gasteiger partial charge in [0.1, 0.15) is 5.75 Å². The number of hydrogen-bond acceptors (Lipinski definition) is 1. The van der Waals surface area contributed by atoms with E-state index in [-0.39, 0.29) is 16.0 Å². The second-order valence-electron chi connectivity index (χ2n) is 1.68. The van der Waals surface area contributed by atoms with Gasteiger partial charge in [-0.1, -0.05) is 11.6 Å². The van der Waals surface area contributed by atoms with Crippen LogP contribution >= 0.6 is 37.4 Å². The Kier molecular flexibility index (Phi) is 9.37. The predicted octanol–water partition coefficient (Wildman–Crippen LogP) is 3.46. The third-order valence-electron chi connectivity index (χ3n) is 0.966. The van der Waals surface area contributed by atoms with Crippen molar-refractivity contribution in [3.63, 3.8) is 0 Å². The summed E-state index contributed by atoms with van der Waals surface area (Å²) >= 11 is 12.0. The number of rotatable bonds is 1.